The van der Waals surface area contributed by atoms with E-state index in [0.717, 1.165) is 96.7 Å². The van der Waals surface area contributed by atoms with Crippen LogP contribution in [0.25, 0.3) is 24.3 Å². The van der Waals surface area contributed by atoms with Gasteiger partial charge >= 0.3 is 0 Å². The molecule has 0 fully saturated rings. The highest BCUT2D eigenvalue weighted by Gasteiger charge is 2.33. The topological polar surface area (TPSA) is 166 Å². The molecule has 608 valence electrons. The number of rotatable bonds is 24. The van der Waals surface area contributed by atoms with E-state index in [1.807, 2.05) is 58.9 Å². The van der Waals surface area contributed by atoms with Gasteiger partial charge in [-0.1, -0.05) is 113 Å². The fraction of sp³-hybridized carbons (Fsp3) is 0.525. The summed E-state index contributed by atoms with van der Waals surface area (Å²) in [5, 5.41) is 39.9. The maximum absolute atomic E-state index is 12.6. The van der Waals surface area contributed by atoms with Crippen LogP contribution in [0.1, 0.15) is 302 Å². The second kappa shape index (κ2) is 39.3. The Hall–Kier alpha value is -8.51. The zero-order valence-corrected chi connectivity index (χ0v) is 75.1. The molecule has 0 saturated heterocycles. The Balaban J connectivity index is 0.000000239. The van der Waals surface area contributed by atoms with Crippen LogP contribution in [0.5, 0.6) is 0 Å². The van der Waals surface area contributed by atoms with Gasteiger partial charge in [0.2, 0.25) is 0 Å². The Kier molecular flexibility index (Phi) is 33.0. The number of carbonyl (C=O) groups excluding carboxylic acids is 2. The average Bonchev–Trinajstić information content (AvgIpc) is 1.66. The molecule has 0 saturated carbocycles. The van der Waals surface area contributed by atoms with Gasteiger partial charge in [-0.3, -0.25) is 9.59 Å². The first-order valence-electron chi connectivity index (χ1n) is 41.4. The van der Waals surface area contributed by atoms with Crippen LogP contribution in [0, 0.1) is 21.7 Å². The van der Waals surface area contributed by atoms with Crippen molar-refractivity contribution in [3.8, 4) is 0 Å². The molecule has 10 N–H and O–H groups in total. The number of hydrogen-bond acceptors (Lipinski definition) is 12. The van der Waals surface area contributed by atoms with E-state index in [1.165, 1.54) is 72.8 Å². The van der Waals surface area contributed by atoms with Gasteiger partial charge in [0.25, 0.3) is 0 Å². The van der Waals surface area contributed by atoms with Gasteiger partial charge in [0.1, 0.15) is 0 Å². The van der Waals surface area contributed by atoms with Gasteiger partial charge in [-0.25, -0.2) is 0 Å². The minimum absolute atomic E-state index is 0.0348. The molecular formula is C99H150N10O2. The van der Waals surface area contributed by atoms with Crippen LogP contribution < -0.4 is 47.9 Å². The number of ketones is 2. The van der Waals surface area contributed by atoms with Crippen molar-refractivity contribution in [3.63, 3.8) is 0 Å². The summed E-state index contributed by atoms with van der Waals surface area (Å²) in [7, 11) is 0. The van der Waals surface area contributed by atoms with Crippen molar-refractivity contribution >= 4 is 81.4 Å². The average molecular weight is 1510 g/mol. The lowest BCUT2D eigenvalue weighted by atomic mass is 9.80. The molecule has 12 heteroatoms. The summed E-state index contributed by atoms with van der Waals surface area (Å²) in [5.74, 6) is 0.464. The lowest BCUT2D eigenvalue weighted by molar-refractivity contribution is -0.123. The number of nitrogens with one attached hydrogen (secondary N) is 10. The van der Waals surface area contributed by atoms with Gasteiger partial charge in [-0.2, -0.15) is 0 Å². The van der Waals surface area contributed by atoms with Crippen LogP contribution in [0.3, 0.4) is 0 Å². The third-order valence-electron chi connectivity index (χ3n) is 20.0. The van der Waals surface area contributed by atoms with E-state index in [2.05, 4.69) is 356 Å². The van der Waals surface area contributed by atoms with Gasteiger partial charge in [0, 0.05) is 155 Å². The maximum atomic E-state index is 12.6. The van der Waals surface area contributed by atoms with Crippen molar-refractivity contribution in [2.45, 2.75) is 325 Å². The molecule has 4 aliphatic rings. The van der Waals surface area contributed by atoms with Gasteiger partial charge in [0.15, 0.2) is 11.6 Å². The lowest BCUT2D eigenvalue weighted by Crippen LogP contribution is -2.37. The number of Topliss-reactive ketones (excluding diaryl/α,β-unsaturated/α-hetero) is 2. The van der Waals surface area contributed by atoms with Gasteiger partial charge in [0.05, 0.1) is 0 Å². The molecule has 6 aromatic carbocycles. The first kappa shape index (κ1) is 93.1. The Morgan fingerprint density at radius 1 is 0.351 bits per heavy atom. The monoisotopic (exact) mass is 1510 g/mol. The number of anilines is 7. The van der Waals surface area contributed by atoms with Crippen LogP contribution >= 0.6 is 0 Å². The molecule has 0 aromatic heterocycles. The molecule has 0 unspecified atom stereocenters. The maximum Gasteiger partial charge on any atom is 0.168 e. The van der Waals surface area contributed by atoms with Crippen molar-refractivity contribution in [1.29, 1.82) is 5.41 Å². The molecule has 0 radical (unpaired) electrons. The third kappa shape index (κ3) is 30.8. The van der Waals surface area contributed by atoms with Crippen molar-refractivity contribution in [3.05, 3.63) is 194 Å². The highest BCUT2D eigenvalue weighted by Crippen LogP contribution is 2.39. The molecule has 0 aliphatic heterocycles. The second-order valence-electron chi connectivity index (χ2n) is 38.9. The van der Waals surface area contributed by atoms with E-state index in [0.29, 0.717) is 24.2 Å². The summed E-state index contributed by atoms with van der Waals surface area (Å²) in [6.07, 6.45) is 16.7. The van der Waals surface area contributed by atoms with Crippen LogP contribution in [-0.4, -0.2) is 69.1 Å². The highest BCUT2D eigenvalue weighted by atomic mass is 16.1. The van der Waals surface area contributed by atoms with Crippen LogP contribution in [0.2, 0.25) is 0 Å². The fourth-order valence-electron chi connectivity index (χ4n) is 12.9. The first-order valence-corrected chi connectivity index (χ1v) is 41.4. The third-order valence-corrected chi connectivity index (χ3v) is 20.0. The number of fused-ring (bicyclic) bond motifs is 4. The van der Waals surface area contributed by atoms with E-state index in [9.17, 15) is 9.59 Å². The number of hydrogen-bond donors (Lipinski definition) is 10. The summed E-state index contributed by atoms with van der Waals surface area (Å²) < 4.78 is 0. The highest BCUT2D eigenvalue weighted by molar-refractivity contribution is 6.07. The Bertz CT molecular complexity index is 4140. The summed E-state index contributed by atoms with van der Waals surface area (Å²) >= 11 is 0. The van der Waals surface area contributed by atoms with Crippen LogP contribution in [-0.2, 0) is 30.5 Å². The van der Waals surface area contributed by atoms with Gasteiger partial charge in [-0.15, -0.1) is 0 Å². The smallest absolute Gasteiger partial charge is 0.168 e. The Morgan fingerprint density at radius 3 is 1.09 bits per heavy atom. The summed E-state index contributed by atoms with van der Waals surface area (Å²) in [5.41, 5.74) is 25.1. The largest absolute Gasteiger partial charge is 0.383 e. The minimum Gasteiger partial charge on any atom is -0.383 e. The Labute approximate surface area is 675 Å². The predicted octanol–water partition coefficient (Wildman–Crippen LogP) is 26.0. The summed E-state index contributed by atoms with van der Waals surface area (Å²) in [6.45, 7) is 68.5. The second-order valence-corrected chi connectivity index (χ2v) is 38.9. The molecule has 111 heavy (non-hydrogen) atoms. The SMILES string of the molecule is CC(C)(C)Nc1ccc(C(=O)C(C)(C)C)cc1.CC(C)(C)Nc1ccc(NC(C)(C)C)cc1.CCC(C)(C)C(=N)C1=Cc2cc(NC(C)C)ccc2C1.CCC(C)(C)C(=O)C1=Cc2cccc(NC(C)C)c2C1.CCC(C)(C)NC1=Cc2cc(NC(C)C)ccc2C1.CCC(C)(C)NC1=Cc2cccc(NC(C)C)c2C1. The number of carbonyl (C=O) groups is 2. The van der Waals surface area contributed by atoms with E-state index < -0.39 is 0 Å². The zero-order valence-electron chi connectivity index (χ0n) is 75.1. The van der Waals surface area contributed by atoms with E-state index in [-0.39, 0.29) is 55.5 Å². The molecule has 0 heterocycles. The Morgan fingerprint density at radius 2 is 0.703 bits per heavy atom. The number of benzene rings is 6. The molecule has 0 amide bonds. The molecule has 0 bridgehead atoms. The van der Waals surface area contributed by atoms with Crippen molar-refractivity contribution in [2.75, 3.05) is 37.2 Å². The first-order chi connectivity index (χ1) is 51.2. The van der Waals surface area contributed by atoms with Gasteiger partial charge < -0.3 is 53.3 Å². The van der Waals surface area contributed by atoms with Crippen LogP contribution in [0.4, 0.5) is 39.8 Å². The molecule has 4 aliphatic carbocycles. The minimum atomic E-state index is -0.320. The molecule has 0 atom stereocenters. The molecule has 10 rings (SSSR count). The normalized spacial score (nSPS) is 13.7. The quantitative estimate of drug-likeness (QED) is 0.0207. The lowest BCUT2D eigenvalue weighted by Gasteiger charge is -2.26. The van der Waals surface area contributed by atoms with Crippen molar-refractivity contribution < 1.29 is 9.59 Å². The van der Waals surface area contributed by atoms with Crippen LogP contribution in [0.15, 0.2) is 144 Å². The number of allylic oxidation sites excluding steroid dienone is 4. The predicted molar refractivity (Wildman–Crippen MR) is 490 cm³/mol. The van der Waals surface area contributed by atoms with Gasteiger partial charge in [-0.05, 0) is 337 Å². The van der Waals surface area contributed by atoms with E-state index >= 15 is 0 Å². The molecular weight excluding hydrogens is 1360 g/mol. The van der Waals surface area contributed by atoms with Crippen molar-refractivity contribution in [2.24, 2.45) is 16.2 Å². The molecule has 12 nitrogen and oxygen atoms in total. The molecule has 6 aromatic rings. The summed E-state index contributed by atoms with van der Waals surface area (Å²) in [4.78, 5) is 24.7. The van der Waals surface area contributed by atoms with E-state index in [1.54, 1.807) is 0 Å². The van der Waals surface area contributed by atoms with Crippen molar-refractivity contribution in [1.82, 2.24) is 10.6 Å². The van der Waals surface area contributed by atoms with E-state index in [4.69, 9.17) is 5.41 Å². The zero-order chi connectivity index (χ0) is 83.6. The standard InChI is InChI=1S/C18H26N2.C18H25NO.2C17H26N2.C15H23NO.C14H24N2/c1-6-18(4,5)17(19)15-9-13-7-8-16(20-12(2)3)11-14(13)10-15;1-6-18(4,5)17(20)14-10-13-8-7-9-16(15(13)11-14)19-12(2)3;1-6-17(4,5)19-16-9-13-7-8-15(18-12(2)3)10-14(13)11-16;1-6-17(4,5)19-14-10-13-8-7-9-16(15(13)11-14)18-12(2)3;1-14(2,3)13(17)11-7-9-12(10-8-11)16-15(4,5)6;1-13(2,3)15-11-7-9-12(10-8-11)16-14(4,5)6/h7-8,10-12,19-20H,6,9H2,1-5H3;7-10,12,19H,6,11H2,1-5H3;7-8,10-12,18-19H,6,9H2,1-5H3;7-10,12,18-19H,6,11H2,1-5H3;7-10,16H,1-6H3;7-10,15-16H,1-6H3. The fourth-order valence-corrected chi connectivity index (χ4v) is 12.9. The summed E-state index contributed by atoms with van der Waals surface area (Å²) in [6, 6.07) is 43.9. The molecule has 0 spiro atoms.